The van der Waals surface area contributed by atoms with E-state index in [1.54, 1.807) is 0 Å². The lowest BCUT2D eigenvalue weighted by Crippen LogP contribution is -2.22. The number of sulfonamides is 1. The molecule has 9 heteroatoms. The fraction of sp³-hybridized carbons (Fsp3) is 0.167. The SMILES string of the molecule is COc1ccc(S(=O)(=O)N(C)C)cc1NC(=O)/C=C/c1ccc(F)c(Cl)c1. The Balaban J connectivity index is 2.25. The molecule has 1 amide bonds. The molecule has 0 radical (unpaired) electrons. The van der Waals surface area contributed by atoms with Gasteiger partial charge in [0.15, 0.2) is 0 Å². The normalized spacial score (nSPS) is 11.8. The van der Waals surface area contributed by atoms with Crippen molar-refractivity contribution >= 4 is 39.3 Å². The summed E-state index contributed by atoms with van der Waals surface area (Å²) in [7, 11) is 0.560. The molecule has 2 rings (SSSR count). The molecule has 0 bridgehead atoms. The number of carbonyl (C=O) groups excluding carboxylic acids is 1. The van der Waals surface area contributed by atoms with E-state index >= 15 is 0 Å². The number of hydrogen-bond acceptors (Lipinski definition) is 4. The smallest absolute Gasteiger partial charge is 0.248 e. The fourth-order valence-corrected chi connectivity index (χ4v) is 3.24. The first-order valence-electron chi connectivity index (χ1n) is 7.70. The Morgan fingerprint density at radius 1 is 1.22 bits per heavy atom. The topological polar surface area (TPSA) is 75.7 Å². The van der Waals surface area contributed by atoms with Gasteiger partial charge in [-0.2, -0.15) is 0 Å². The predicted molar refractivity (Wildman–Crippen MR) is 103 cm³/mol. The van der Waals surface area contributed by atoms with Gasteiger partial charge in [0.1, 0.15) is 11.6 Å². The first-order chi connectivity index (χ1) is 12.6. The van der Waals surface area contributed by atoms with Crippen LogP contribution in [0.3, 0.4) is 0 Å². The summed E-state index contributed by atoms with van der Waals surface area (Å²) in [5.41, 5.74) is 0.736. The highest BCUT2D eigenvalue weighted by atomic mass is 35.5. The number of anilines is 1. The number of methoxy groups -OCH3 is 1. The number of nitrogens with one attached hydrogen (secondary N) is 1. The Morgan fingerprint density at radius 3 is 2.52 bits per heavy atom. The van der Waals surface area contributed by atoms with E-state index in [0.717, 1.165) is 4.31 Å². The molecule has 0 atom stereocenters. The largest absolute Gasteiger partial charge is 0.495 e. The molecule has 0 aliphatic rings. The minimum atomic E-state index is -3.67. The summed E-state index contributed by atoms with van der Waals surface area (Å²) in [4.78, 5) is 12.2. The average molecular weight is 413 g/mol. The zero-order valence-electron chi connectivity index (χ0n) is 14.9. The van der Waals surface area contributed by atoms with Crippen molar-refractivity contribution in [2.75, 3.05) is 26.5 Å². The number of halogens is 2. The molecule has 0 aliphatic carbocycles. The molecule has 0 fully saturated rings. The van der Waals surface area contributed by atoms with Gasteiger partial charge in [-0.3, -0.25) is 4.79 Å². The maximum atomic E-state index is 13.2. The van der Waals surface area contributed by atoms with Crippen LogP contribution >= 0.6 is 11.6 Å². The Morgan fingerprint density at radius 2 is 1.93 bits per heavy atom. The lowest BCUT2D eigenvalue weighted by atomic mass is 10.2. The summed E-state index contributed by atoms with van der Waals surface area (Å²) in [6.07, 6.45) is 2.67. The van der Waals surface area contributed by atoms with Gasteiger partial charge < -0.3 is 10.1 Å². The molecule has 1 N–H and O–H groups in total. The van der Waals surface area contributed by atoms with Crippen LogP contribution in [0.25, 0.3) is 6.08 Å². The van der Waals surface area contributed by atoms with Crippen molar-refractivity contribution in [1.82, 2.24) is 4.31 Å². The quantitative estimate of drug-likeness (QED) is 0.738. The lowest BCUT2D eigenvalue weighted by molar-refractivity contribution is -0.111. The number of benzene rings is 2. The summed E-state index contributed by atoms with van der Waals surface area (Å²) in [6.45, 7) is 0. The monoisotopic (exact) mass is 412 g/mol. The molecule has 0 aromatic heterocycles. The van der Waals surface area contributed by atoms with E-state index in [4.69, 9.17) is 16.3 Å². The highest BCUT2D eigenvalue weighted by molar-refractivity contribution is 7.89. The van der Waals surface area contributed by atoms with E-state index < -0.39 is 21.7 Å². The minimum absolute atomic E-state index is 0.0119. The van der Waals surface area contributed by atoms with Crippen molar-refractivity contribution in [3.8, 4) is 5.75 Å². The van der Waals surface area contributed by atoms with Crippen molar-refractivity contribution in [2.45, 2.75) is 4.90 Å². The van der Waals surface area contributed by atoms with E-state index in [9.17, 15) is 17.6 Å². The Hall–Kier alpha value is -2.42. The van der Waals surface area contributed by atoms with E-state index in [2.05, 4.69) is 5.32 Å². The molecule has 144 valence electrons. The molecular formula is C18H18ClFN2O4S. The average Bonchev–Trinajstić information content (AvgIpc) is 2.62. The van der Waals surface area contributed by atoms with Crippen LogP contribution in [-0.2, 0) is 14.8 Å². The Kier molecular flexibility index (Phi) is 6.59. The Bertz CT molecular complexity index is 991. The molecule has 0 heterocycles. The summed E-state index contributed by atoms with van der Waals surface area (Å²) in [5, 5.41) is 2.51. The van der Waals surface area contributed by atoms with Crippen LogP contribution in [0.2, 0.25) is 5.02 Å². The van der Waals surface area contributed by atoms with Gasteiger partial charge in [-0.15, -0.1) is 0 Å². The second-order valence-corrected chi connectivity index (χ2v) is 8.20. The third-order valence-corrected chi connectivity index (χ3v) is 5.68. The Labute approximate surface area is 162 Å². The fourth-order valence-electron chi connectivity index (χ4n) is 2.12. The molecule has 0 unspecified atom stereocenters. The predicted octanol–water partition coefficient (Wildman–Crippen LogP) is 3.39. The summed E-state index contributed by atoms with van der Waals surface area (Å²) < 4.78 is 43.9. The van der Waals surface area contributed by atoms with Gasteiger partial charge in [-0.1, -0.05) is 17.7 Å². The van der Waals surface area contributed by atoms with Gasteiger partial charge in [0, 0.05) is 20.2 Å². The molecule has 0 aliphatic heterocycles. The second kappa shape index (κ2) is 8.51. The maximum absolute atomic E-state index is 13.2. The van der Waals surface area contributed by atoms with Crippen molar-refractivity contribution in [2.24, 2.45) is 0 Å². The summed E-state index contributed by atoms with van der Waals surface area (Å²) >= 11 is 5.70. The van der Waals surface area contributed by atoms with Gasteiger partial charge in [0.05, 0.1) is 22.7 Å². The van der Waals surface area contributed by atoms with E-state index in [1.807, 2.05) is 0 Å². The molecular weight excluding hydrogens is 395 g/mol. The number of nitrogens with zero attached hydrogens (tertiary/aromatic N) is 1. The number of hydrogen-bond donors (Lipinski definition) is 1. The van der Waals surface area contributed by atoms with Crippen LogP contribution in [-0.4, -0.2) is 39.8 Å². The van der Waals surface area contributed by atoms with Crippen molar-refractivity contribution in [3.63, 3.8) is 0 Å². The third kappa shape index (κ3) is 5.06. The van der Waals surface area contributed by atoms with E-state index in [-0.39, 0.29) is 15.6 Å². The number of rotatable bonds is 6. The van der Waals surface area contributed by atoms with Gasteiger partial charge in [0.2, 0.25) is 15.9 Å². The van der Waals surface area contributed by atoms with E-state index in [1.165, 1.54) is 69.8 Å². The molecule has 0 saturated heterocycles. The number of carbonyl (C=O) groups is 1. The van der Waals surface area contributed by atoms with Crippen molar-refractivity contribution in [1.29, 1.82) is 0 Å². The molecule has 2 aromatic carbocycles. The first-order valence-corrected chi connectivity index (χ1v) is 9.51. The molecule has 27 heavy (non-hydrogen) atoms. The van der Waals surface area contributed by atoms with Crippen LogP contribution in [0.15, 0.2) is 47.4 Å². The van der Waals surface area contributed by atoms with Crippen LogP contribution in [0, 0.1) is 5.82 Å². The van der Waals surface area contributed by atoms with Crippen LogP contribution in [0.5, 0.6) is 5.75 Å². The molecule has 0 saturated carbocycles. The zero-order chi connectivity index (χ0) is 20.2. The summed E-state index contributed by atoms with van der Waals surface area (Å²) in [5.74, 6) is -0.769. The van der Waals surface area contributed by atoms with Crippen molar-refractivity contribution < 1.29 is 22.3 Å². The van der Waals surface area contributed by atoms with Gasteiger partial charge in [0.25, 0.3) is 0 Å². The lowest BCUT2D eigenvalue weighted by Gasteiger charge is -2.14. The van der Waals surface area contributed by atoms with Crippen LogP contribution in [0.1, 0.15) is 5.56 Å². The third-order valence-electron chi connectivity index (χ3n) is 3.58. The molecule has 0 spiro atoms. The minimum Gasteiger partial charge on any atom is -0.495 e. The zero-order valence-corrected chi connectivity index (χ0v) is 16.4. The number of ether oxygens (including phenoxy) is 1. The van der Waals surface area contributed by atoms with Crippen molar-refractivity contribution in [3.05, 3.63) is 58.9 Å². The van der Waals surface area contributed by atoms with Gasteiger partial charge in [-0.25, -0.2) is 17.1 Å². The summed E-state index contributed by atoms with van der Waals surface area (Å²) in [6, 6.07) is 8.20. The molecule has 2 aromatic rings. The number of amides is 1. The standard InChI is InChI=1S/C18H18ClFN2O4S/c1-22(2)27(24,25)13-6-8-17(26-3)16(11-13)21-18(23)9-5-12-4-7-15(20)14(19)10-12/h4-11H,1-3H3,(H,21,23)/b9-5+. The van der Waals surface area contributed by atoms with Crippen LogP contribution < -0.4 is 10.1 Å². The second-order valence-electron chi connectivity index (χ2n) is 5.65. The highest BCUT2D eigenvalue weighted by Gasteiger charge is 2.19. The highest BCUT2D eigenvalue weighted by Crippen LogP contribution is 2.28. The van der Waals surface area contributed by atoms with Crippen LogP contribution in [0.4, 0.5) is 10.1 Å². The van der Waals surface area contributed by atoms with E-state index in [0.29, 0.717) is 11.3 Å². The maximum Gasteiger partial charge on any atom is 0.248 e. The molecule has 6 nitrogen and oxygen atoms in total. The first kappa shape index (κ1) is 20.9. The van der Waals surface area contributed by atoms with Gasteiger partial charge in [-0.05, 0) is 42.0 Å². The van der Waals surface area contributed by atoms with Gasteiger partial charge >= 0.3 is 0 Å².